The highest BCUT2D eigenvalue weighted by molar-refractivity contribution is 7.22. The summed E-state index contributed by atoms with van der Waals surface area (Å²) < 4.78 is 1.09. The molecule has 4 rings (SSSR count). The van der Waals surface area contributed by atoms with E-state index in [0.29, 0.717) is 13.0 Å². The molecule has 3 heterocycles. The standard InChI is InChI=1S/C18H15N3OS3/c1-2-21(18-20-14-5-3-4-6-15(14)25-18)16(22)9-13-11-24-17(19-13)12-7-8-23-10-12/h3-8,10-11H,2,9H2,1H3. The van der Waals surface area contributed by atoms with Gasteiger partial charge in [0.15, 0.2) is 5.13 Å². The summed E-state index contributed by atoms with van der Waals surface area (Å²) in [4.78, 5) is 23.7. The lowest BCUT2D eigenvalue weighted by molar-refractivity contribution is -0.118. The highest BCUT2D eigenvalue weighted by Crippen LogP contribution is 2.30. The number of fused-ring (bicyclic) bond motifs is 1. The number of thiazole rings is 2. The molecule has 25 heavy (non-hydrogen) atoms. The largest absolute Gasteiger partial charge is 0.288 e. The summed E-state index contributed by atoms with van der Waals surface area (Å²) in [6.45, 7) is 2.57. The van der Waals surface area contributed by atoms with Gasteiger partial charge in [0.1, 0.15) is 5.01 Å². The molecular formula is C18H15N3OS3. The zero-order valence-corrected chi connectivity index (χ0v) is 16.0. The first-order chi connectivity index (χ1) is 12.2. The minimum Gasteiger partial charge on any atom is -0.288 e. The van der Waals surface area contributed by atoms with E-state index in [4.69, 9.17) is 0 Å². The molecule has 0 aliphatic heterocycles. The molecule has 0 saturated carbocycles. The van der Waals surface area contributed by atoms with Crippen LogP contribution in [-0.4, -0.2) is 22.4 Å². The van der Waals surface area contributed by atoms with Crippen LogP contribution in [0.3, 0.4) is 0 Å². The van der Waals surface area contributed by atoms with Gasteiger partial charge in [0.25, 0.3) is 0 Å². The van der Waals surface area contributed by atoms with E-state index in [-0.39, 0.29) is 5.91 Å². The molecule has 4 nitrogen and oxygen atoms in total. The summed E-state index contributed by atoms with van der Waals surface area (Å²) in [6.07, 6.45) is 0.296. The molecule has 0 fully saturated rings. The predicted molar refractivity (Wildman–Crippen MR) is 107 cm³/mol. The number of nitrogens with zero attached hydrogens (tertiary/aromatic N) is 3. The van der Waals surface area contributed by atoms with Crippen molar-refractivity contribution in [2.45, 2.75) is 13.3 Å². The van der Waals surface area contributed by atoms with Gasteiger partial charge in [-0.25, -0.2) is 9.97 Å². The monoisotopic (exact) mass is 385 g/mol. The highest BCUT2D eigenvalue weighted by atomic mass is 32.1. The molecule has 126 valence electrons. The van der Waals surface area contributed by atoms with Crippen LogP contribution in [0.5, 0.6) is 0 Å². The number of amides is 1. The van der Waals surface area contributed by atoms with Crippen LogP contribution < -0.4 is 4.90 Å². The van der Waals surface area contributed by atoms with Crippen LogP contribution in [0.15, 0.2) is 46.5 Å². The van der Waals surface area contributed by atoms with E-state index in [0.717, 1.165) is 31.6 Å². The van der Waals surface area contributed by atoms with Crippen molar-refractivity contribution in [3.63, 3.8) is 0 Å². The molecule has 0 saturated heterocycles. The van der Waals surface area contributed by atoms with E-state index in [1.807, 2.05) is 41.9 Å². The van der Waals surface area contributed by atoms with E-state index >= 15 is 0 Å². The van der Waals surface area contributed by atoms with Gasteiger partial charge in [-0.15, -0.1) is 11.3 Å². The SMILES string of the molecule is CCN(C(=O)Cc1csc(-c2ccsc2)n1)c1nc2ccccc2s1. The third kappa shape index (κ3) is 3.35. The molecule has 0 radical (unpaired) electrons. The van der Waals surface area contributed by atoms with Crippen molar-refractivity contribution in [2.24, 2.45) is 0 Å². The number of anilines is 1. The molecule has 1 amide bonds. The fourth-order valence-electron chi connectivity index (χ4n) is 2.55. The normalized spacial score (nSPS) is 11.1. The van der Waals surface area contributed by atoms with E-state index in [9.17, 15) is 4.79 Å². The molecule has 7 heteroatoms. The minimum absolute atomic E-state index is 0.0312. The smallest absolute Gasteiger partial charge is 0.234 e. The number of hydrogen-bond donors (Lipinski definition) is 0. The lowest BCUT2D eigenvalue weighted by atomic mass is 10.3. The molecule has 0 aliphatic carbocycles. The Hall–Kier alpha value is -2.09. The molecular weight excluding hydrogens is 370 g/mol. The fourth-order valence-corrected chi connectivity index (χ4v) is 5.13. The highest BCUT2D eigenvalue weighted by Gasteiger charge is 2.19. The van der Waals surface area contributed by atoms with Crippen molar-refractivity contribution in [3.8, 4) is 10.6 Å². The predicted octanol–water partition coefficient (Wildman–Crippen LogP) is 5.08. The Balaban J connectivity index is 1.54. The van der Waals surface area contributed by atoms with Gasteiger partial charge >= 0.3 is 0 Å². The molecule has 4 aromatic rings. The topological polar surface area (TPSA) is 46.1 Å². The molecule has 0 atom stereocenters. The number of carbonyl (C=O) groups excluding carboxylic acids is 1. The molecule has 0 bridgehead atoms. The number of para-hydroxylation sites is 1. The van der Waals surface area contributed by atoms with Crippen molar-refractivity contribution in [1.29, 1.82) is 0 Å². The van der Waals surface area contributed by atoms with E-state index in [1.54, 1.807) is 38.9 Å². The first-order valence-corrected chi connectivity index (χ1v) is 10.5. The van der Waals surface area contributed by atoms with Crippen LogP contribution in [0.1, 0.15) is 12.6 Å². The van der Waals surface area contributed by atoms with Crippen LogP contribution in [0.25, 0.3) is 20.8 Å². The summed E-state index contributed by atoms with van der Waals surface area (Å²) in [5, 5.41) is 7.79. The fraction of sp³-hybridized carbons (Fsp3) is 0.167. The van der Waals surface area contributed by atoms with Crippen LogP contribution in [-0.2, 0) is 11.2 Å². The van der Waals surface area contributed by atoms with Gasteiger partial charge in [0, 0.05) is 22.9 Å². The Bertz CT molecular complexity index is 971. The third-order valence-corrected chi connectivity index (χ3v) is 6.47. The van der Waals surface area contributed by atoms with Crippen molar-refractivity contribution >= 4 is 55.3 Å². The van der Waals surface area contributed by atoms with Gasteiger partial charge in [-0.05, 0) is 30.5 Å². The van der Waals surface area contributed by atoms with Gasteiger partial charge in [0.2, 0.25) is 5.91 Å². The molecule has 0 spiro atoms. The average molecular weight is 386 g/mol. The van der Waals surface area contributed by atoms with E-state index in [2.05, 4.69) is 21.4 Å². The lowest BCUT2D eigenvalue weighted by Gasteiger charge is -2.16. The Morgan fingerprint density at radius 1 is 1.16 bits per heavy atom. The number of hydrogen-bond acceptors (Lipinski definition) is 6. The number of thiophene rings is 1. The van der Waals surface area contributed by atoms with Crippen LogP contribution in [0, 0.1) is 0 Å². The van der Waals surface area contributed by atoms with Crippen molar-refractivity contribution < 1.29 is 4.79 Å². The van der Waals surface area contributed by atoms with Crippen LogP contribution in [0.2, 0.25) is 0 Å². The minimum atomic E-state index is 0.0312. The first-order valence-electron chi connectivity index (χ1n) is 7.87. The van der Waals surface area contributed by atoms with Crippen molar-refractivity contribution in [3.05, 3.63) is 52.2 Å². The molecule has 0 N–H and O–H groups in total. The van der Waals surface area contributed by atoms with E-state index < -0.39 is 0 Å². The number of carbonyl (C=O) groups is 1. The van der Waals surface area contributed by atoms with Crippen LogP contribution in [0.4, 0.5) is 5.13 Å². The second kappa shape index (κ2) is 7.03. The van der Waals surface area contributed by atoms with Gasteiger partial charge in [-0.3, -0.25) is 9.69 Å². The Labute approximate surface area is 157 Å². The Morgan fingerprint density at radius 3 is 2.80 bits per heavy atom. The van der Waals surface area contributed by atoms with Gasteiger partial charge in [-0.1, -0.05) is 23.5 Å². The number of rotatable bonds is 5. The van der Waals surface area contributed by atoms with Crippen LogP contribution >= 0.6 is 34.0 Å². The Morgan fingerprint density at radius 2 is 2.04 bits per heavy atom. The van der Waals surface area contributed by atoms with Gasteiger partial charge in [-0.2, -0.15) is 11.3 Å². The Kier molecular flexibility index (Phi) is 4.61. The van der Waals surface area contributed by atoms with E-state index in [1.165, 1.54) is 0 Å². The number of likely N-dealkylation sites (N-methyl/N-ethyl adjacent to an activating group) is 1. The summed E-state index contributed by atoms with van der Waals surface area (Å²) >= 11 is 4.78. The molecule has 0 unspecified atom stereocenters. The second-order valence-electron chi connectivity index (χ2n) is 5.43. The van der Waals surface area contributed by atoms with Gasteiger partial charge in [0.05, 0.1) is 22.3 Å². The maximum absolute atomic E-state index is 12.8. The number of benzene rings is 1. The average Bonchev–Trinajstić information content (AvgIpc) is 3.35. The molecule has 0 aliphatic rings. The lowest BCUT2D eigenvalue weighted by Crippen LogP contribution is -2.31. The zero-order chi connectivity index (χ0) is 17.2. The summed E-state index contributed by atoms with van der Waals surface area (Å²) in [5.74, 6) is 0.0312. The van der Waals surface area contributed by atoms with Crippen molar-refractivity contribution in [2.75, 3.05) is 11.4 Å². The maximum atomic E-state index is 12.8. The summed E-state index contributed by atoms with van der Waals surface area (Å²) in [6, 6.07) is 10.0. The first kappa shape index (κ1) is 16.4. The summed E-state index contributed by atoms with van der Waals surface area (Å²) in [7, 11) is 0. The molecule has 1 aromatic carbocycles. The second-order valence-corrected chi connectivity index (χ2v) is 8.08. The molecule has 3 aromatic heterocycles. The quantitative estimate of drug-likeness (QED) is 0.481. The van der Waals surface area contributed by atoms with Crippen molar-refractivity contribution in [1.82, 2.24) is 9.97 Å². The third-order valence-electron chi connectivity index (χ3n) is 3.78. The summed E-state index contributed by atoms with van der Waals surface area (Å²) in [5.41, 5.74) is 2.87. The number of aromatic nitrogens is 2. The zero-order valence-electron chi connectivity index (χ0n) is 13.5. The van der Waals surface area contributed by atoms with Gasteiger partial charge < -0.3 is 0 Å². The maximum Gasteiger partial charge on any atom is 0.234 e.